The standard InChI is InChI=1S/C55H70Cl2N4O12S/c1-9-33-30-53(5,6)59-18-10-12-35-47(59)37(33)28-39-49(35)72-50-36-13-11-19-60-48(36)38(34(31-54(60,7)8)32-74(65,66)67)29-40(50)55(39)46-42(57)15-14-41(56)45(46)51(64)61(55)58-43(62)16-20-68-22-24-70-26-27-71-25-23-69-21-17-44(63)73-52(2,3)4/h14-15,28-29,31,33H,9-13,16-27,30,32H2,1-8H3,(H,58,62)(H,65,66,67). The predicted molar refractivity (Wildman–Crippen MR) is 284 cm³/mol. The molecule has 6 aliphatic rings. The molecule has 6 aliphatic heterocycles. The quantitative estimate of drug-likeness (QED) is 0.0658. The zero-order valence-corrected chi connectivity index (χ0v) is 46.2. The molecule has 402 valence electrons. The van der Waals surface area contributed by atoms with Crippen molar-refractivity contribution < 1.29 is 55.8 Å². The molecule has 2 unspecified atom stereocenters. The Balaban J connectivity index is 1.04. The van der Waals surface area contributed by atoms with E-state index in [1.807, 2.05) is 46.8 Å². The predicted octanol–water partition coefficient (Wildman–Crippen LogP) is 9.31. The highest BCUT2D eigenvalue weighted by Gasteiger charge is 2.61. The Kier molecular flexibility index (Phi) is 15.3. The smallest absolute Gasteiger partial charge is 0.308 e. The summed E-state index contributed by atoms with van der Waals surface area (Å²) in [5, 5.41) is 1.77. The number of hydrogen-bond donors (Lipinski definition) is 2. The molecule has 0 saturated heterocycles. The van der Waals surface area contributed by atoms with Crippen LogP contribution in [0, 0.1) is 0 Å². The van der Waals surface area contributed by atoms with Crippen molar-refractivity contribution in [3.05, 3.63) is 84.9 Å². The lowest BCUT2D eigenvalue weighted by Gasteiger charge is -2.53. The Bertz CT molecular complexity index is 2880. The third-order valence-electron chi connectivity index (χ3n) is 15.1. The lowest BCUT2D eigenvalue weighted by atomic mass is 9.68. The van der Waals surface area contributed by atoms with Crippen molar-refractivity contribution in [2.45, 2.75) is 135 Å². The second kappa shape index (κ2) is 20.8. The van der Waals surface area contributed by atoms with Crippen molar-refractivity contribution in [2.75, 3.05) is 81.5 Å². The van der Waals surface area contributed by atoms with Crippen LogP contribution < -0.4 is 20.0 Å². The van der Waals surface area contributed by atoms with Crippen LogP contribution in [0.1, 0.15) is 149 Å². The maximum Gasteiger partial charge on any atom is 0.308 e. The summed E-state index contributed by atoms with van der Waals surface area (Å²) in [5.74, 6) is -0.788. The third kappa shape index (κ3) is 10.2. The van der Waals surface area contributed by atoms with Crippen molar-refractivity contribution in [3.8, 4) is 11.5 Å². The van der Waals surface area contributed by atoms with E-state index in [1.165, 1.54) is 5.01 Å². The number of rotatable bonds is 19. The molecule has 6 heterocycles. The molecule has 0 aliphatic carbocycles. The van der Waals surface area contributed by atoms with Crippen LogP contribution in [0.15, 0.2) is 30.3 Å². The van der Waals surface area contributed by atoms with Crippen LogP contribution in [0.4, 0.5) is 11.4 Å². The molecule has 0 saturated carbocycles. The monoisotopic (exact) mass is 1080 g/mol. The fourth-order valence-electron chi connectivity index (χ4n) is 12.2. The number of fused-ring (bicyclic) bond motifs is 8. The summed E-state index contributed by atoms with van der Waals surface area (Å²) < 4.78 is 71.5. The first-order valence-corrected chi connectivity index (χ1v) is 28.3. The zero-order valence-electron chi connectivity index (χ0n) is 43.8. The van der Waals surface area contributed by atoms with Gasteiger partial charge in [0.05, 0.1) is 87.5 Å². The molecule has 3 aromatic rings. The Morgan fingerprint density at radius 1 is 0.824 bits per heavy atom. The minimum atomic E-state index is -4.52. The molecular weight excluding hydrogens is 1010 g/mol. The van der Waals surface area contributed by atoms with Gasteiger partial charge in [-0.15, -0.1) is 0 Å². The first kappa shape index (κ1) is 54.3. The minimum Gasteiger partial charge on any atom is -0.460 e. The maximum atomic E-state index is 15.5. The molecule has 0 fully saturated rings. The Hall–Kier alpha value is -4.46. The van der Waals surface area contributed by atoms with Gasteiger partial charge in [0.2, 0.25) is 5.91 Å². The second-order valence-electron chi connectivity index (χ2n) is 22.3. The van der Waals surface area contributed by atoms with Crippen molar-refractivity contribution in [3.63, 3.8) is 0 Å². The number of nitrogens with zero attached hydrogens (tertiary/aromatic N) is 3. The number of hydrogen-bond acceptors (Lipinski definition) is 13. The molecule has 0 aromatic heterocycles. The largest absolute Gasteiger partial charge is 0.460 e. The molecule has 0 radical (unpaired) electrons. The highest BCUT2D eigenvalue weighted by atomic mass is 35.5. The van der Waals surface area contributed by atoms with E-state index in [4.69, 9.17) is 51.6 Å². The van der Waals surface area contributed by atoms with Crippen LogP contribution in [-0.4, -0.2) is 124 Å². The number of carbonyl (C=O) groups excluding carboxylic acids is 3. The molecular formula is C55H70Cl2N4O12S. The van der Waals surface area contributed by atoms with Crippen LogP contribution in [0.25, 0.3) is 5.57 Å². The number of halogens is 2. The van der Waals surface area contributed by atoms with Gasteiger partial charge in [-0.05, 0) is 128 Å². The van der Waals surface area contributed by atoms with Gasteiger partial charge in [-0.25, -0.2) is 5.01 Å². The van der Waals surface area contributed by atoms with Gasteiger partial charge in [0.25, 0.3) is 16.0 Å². The number of ether oxygens (including phenoxy) is 6. The van der Waals surface area contributed by atoms with Crippen LogP contribution in [-0.2, 0) is 61.8 Å². The molecule has 74 heavy (non-hydrogen) atoms. The topological polar surface area (TPSA) is 183 Å². The summed E-state index contributed by atoms with van der Waals surface area (Å²) in [7, 11) is -4.52. The number of esters is 1. The van der Waals surface area contributed by atoms with Crippen molar-refractivity contribution in [1.29, 1.82) is 0 Å². The number of carbonyl (C=O) groups is 3. The lowest BCUT2D eigenvalue weighted by Crippen LogP contribution is -2.57. The fourth-order valence-corrected chi connectivity index (χ4v) is 13.4. The van der Waals surface area contributed by atoms with Gasteiger partial charge in [-0.2, -0.15) is 8.42 Å². The summed E-state index contributed by atoms with van der Waals surface area (Å²) in [4.78, 5) is 46.6. The van der Waals surface area contributed by atoms with Crippen LogP contribution in [0.5, 0.6) is 11.5 Å². The number of benzene rings is 3. The molecule has 2 N–H and O–H groups in total. The second-order valence-corrected chi connectivity index (χ2v) is 24.5. The van der Waals surface area contributed by atoms with Crippen molar-refractivity contribution in [1.82, 2.24) is 10.4 Å². The fraction of sp³-hybridized carbons (Fsp3) is 0.582. The first-order chi connectivity index (χ1) is 35.0. The summed E-state index contributed by atoms with van der Waals surface area (Å²) in [6.07, 6.45) is 6.58. The van der Waals surface area contributed by atoms with E-state index in [1.54, 1.807) is 12.1 Å². The Morgan fingerprint density at radius 2 is 1.39 bits per heavy atom. The van der Waals surface area contributed by atoms with E-state index >= 15 is 4.79 Å². The van der Waals surface area contributed by atoms with Gasteiger partial charge >= 0.3 is 5.97 Å². The van der Waals surface area contributed by atoms with Crippen molar-refractivity contribution >= 4 is 68.1 Å². The van der Waals surface area contributed by atoms with E-state index in [9.17, 15) is 22.6 Å². The van der Waals surface area contributed by atoms with Gasteiger partial charge in [-0.3, -0.25) is 24.4 Å². The van der Waals surface area contributed by atoms with Crippen molar-refractivity contribution in [2.24, 2.45) is 0 Å². The molecule has 9 rings (SSSR count). The minimum absolute atomic E-state index is 0.0145. The van der Waals surface area contributed by atoms with Crippen LogP contribution in [0.2, 0.25) is 10.0 Å². The van der Waals surface area contributed by atoms with Gasteiger partial charge in [0, 0.05) is 62.7 Å². The lowest BCUT2D eigenvalue weighted by molar-refractivity contribution is -0.156. The molecule has 2 amide bonds. The molecule has 0 bridgehead atoms. The highest BCUT2D eigenvalue weighted by Crippen LogP contribution is 2.65. The van der Waals surface area contributed by atoms with Gasteiger partial charge < -0.3 is 38.2 Å². The molecule has 1 spiro atoms. The zero-order chi connectivity index (χ0) is 53.1. The van der Waals surface area contributed by atoms with E-state index < -0.39 is 44.4 Å². The van der Waals surface area contributed by atoms with Gasteiger partial charge in [-0.1, -0.05) is 36.2 Å². The highest BCUT2D eigenvalue weighted by molar-refractivity contribution is 7.86. The molecule has 19 heteroatoms. The number of hydrazine groups is 1. The maximum absolute atomic E-state index is 15.5. The van der Waals surface area contributed by atoms with Crippen LogP contribution in [0.3, 0.4) is 0 Å². The molecule has 16 nitrogen and oxygen atoms in total. The van der Waals surface area contributed by atoms with E-state index in [0.717, 1.165) is 60.3 Å². The average Bonchev–Trinajstić information content (AvgIpc) is 3.57. The Labute approximate surface area is 445 Å². The van der Waals surface area contributed by atoms with Crippen LogP contribution >= 0.6 is 23.2 Å². The number of anilines is 2. The molecule has 2 atom stereocenters. The van der Waals surface area contributed by atoms with E-state index in [0.29, 0.717) is 85.1 Å². The number of nitrogens with one attached hydrogen (secondary N) is 1. The normalized spacial score (nSPS) is 20.8. The van der Waals surface area contributed by atoms with E-state index in [-0.39, 0.29) is 72.3 Å². The summed E-state index contributed by atoms with van der Waals surface area (Å²) in [6, 6.07) is 7.30. The summed E-state index contributed by atoms with van der Waals surface area (Å²) in [6.45, 7) is 19.9. The summed E-state index contributed by atoms with van der Waals surface area (Å²) in [5.41, 5.74) is 7.60. The average molecular weight is 1080 g/mol. The SMILES string of the molecule is CCC1CC(C)(C)N2CCCc3c4c(cc1c32)C1(c2cc3c5c(c2O4)CCCN5C(C)(C)C=C3CS(=O)(=O)O)c2c(Cl)ccc(Cl)c2C(=O)N1NC(=O)CCOCCOCCOCCOCCC(=O)OC(C)(C)C. The Morgan fingerprint density at radius 3 is 2.00 bits per heavy atom. The van der Waals surface area contributed by atoms with E-state index in [2.05, 4.69) is 42.1 Å². The molecule has 3 aromatic carbocycles. The third-order valence-corrected chi connectivity index (χ3v) is 16.4. The first-order valence-electron chi connectivity index (χ1n) is 25.9. The van der Waals surface area contributed by atoms with Gasteiger partial charge in [0.1, 0.15) is 28.4 Å². The summed E-state index contributed by atoms with van der Waals surface area (Å²) >= 11 is 14.5. The number of amides is 2. The van der Waals surface area contributed by atoms with Gasteiger partial charge in [0.15, 0.2) is 0 Å².